The highest BCUT2D eigenvalue weighted by Gasteiger charge is 2.68. The van der Waals surface area contributed by atoms with Crippen LogP contribution in [-0.4, -0.2) is 50.6 Å². The highest BCUT2D eigenvalue weighted by atomic mass is 28.4. The molecular formula is C47H67NO5Si2. The van der Waals surface area contributed by atoms with E-state index in [1.54, 1.807) is 0 Å². The van der Waals surface area contributed by atoms with Crippen LogP contribution in [0, 0.1) is 28.6 Å². The van der Waals surface area contributed by atoms with Gasteiger partial charge in [-0.05, 0) is 165 Å². The average molecular weight is 782 g/mol. The van der Waals surface area contributed by atoms with Crippen LogP contribution < -0.4 is 0 Å². The van der Waals surface area contributed by atoms with Crippen LogP contribution in [0.15, 0.2) is 35.9 Å². The van der Waals surface area contributed by atoms with E-state index in [9.17, 15) is 4.79 Å². The van der Waals surface area contributed by atoms with Gasteiger partial charge in [0, 0.05) is 33.4 Å². The summed E-state index contributed by atoms with van der Waals surface area (Å²) in [4.78, 5) is 27.6. The Bertz CT molecular complexity index is 2120. The number of Topliss-reactive ketones (excluding diaryl/α,β-unsaturated/α-hetero) is 1. The zero-order valence-corrected chi connectivity index (χ0v) is 38.5. The second-order valence-electron chi connectivity index (χ2n) is 22.2. The van der Waals surface area contributed by atoms with Crippen molar-refractivity contribution in [3.8, 4) is 0 Å². The minimum Gasteiger partial charge on any atom is -0.414 e. The van der Waals surface area contributed by atoms with E-state index in [0.29, 0.717) is 11.8 Å². The summed E-state index contributed by atoms with van der Waals surface area (Å²) in [5, 5.41) is 1.25. The van der Waals surface area contributed by atoms with Gasteiger partial charge in [0.15, 0.2) is 22.4 Å². The first kappa shape index (κ1) is 39.5. The molecule has 0 saturated heterocycles. The summed E-state index contributed by atoms with van der Waals surface area (Å²) in [6.07, 6.45) is 10.6. The highest BCUT2D eigenvalue weighted by molar-refractivity contribution is 6.70. The lowest BCUT2D eigenvalue weighted by molar-refractivity contribution is -0.140. The number of nitrogens with zero attached hydrogens (tertiary/aromatic N) is 1. The lowest BCUT2D eigenvalue weighted by Gasteiger charge is -2.65. The number of allylic oxidation sites excluding steroid dienone is 2. The minimum absolute atomic E-state index is 0.0166. The molecule has 2 aromatic rings. The number of ketones is 1. The zero-order valence-electron chi connectivity index (χ0n) is 36.5. The number of carbonyl (C=O) groups excluding carboxylic acids is 2. The van der Waals surface area contributed by atoms with Gasteiger partial charge in [0.05, 0.1) is 34.5 Å². The molecule has 6 aliphatic rings. The molecule has 2 aliphatic heterocycles. The first-order valence-electron chi connectivity index (χ1n) is 21.1. The van der Waals surface area contributed by atoms with Crippen molar-refractivity contribution < 1.29 is 23.2 Å². The lowest BCUT2D eigenvalue weighted by atomic mass is 9.40. The molecule has 1 aromatic heterocycles. The van der Waals surface area contributed by atoms with E-state index < -0.39 is 33.9 Å². The Morgan fingerprint density at radius 1 is 0.964 bits per heavy atom. The number of benzene rings is 1. The summed E-state index contributed by atoms with van der Waals surface area (Å²) < 4.78 is 23.6. The monoisotopic (exact) mass is 781 g/mol. The first-order valence-corrected chi connectivity index (χ1v) is 27.9. The molecule has 2 fully saturated rings. The summed E-state index contributed by atoms with van der Waals surface area (Å²) in [6.45, 7) is 38.4. The molecule has 8 heteroatoms. The molecule has 55 heavy (non-hydrogen) atoms. The molecule has 2 saturated carbocycles. The van der Waals surface area contributed by atoms with Crippen LogP contribution in [0.2, 0.25) is 39.3 Å². The van der Waals surface area contributed by atoms with Gasteiger partial charge in [-0.15, -0.1) is 0 Å². The van der Waals surface area contributed by atoms with E-state index in [0.717, 1.165) is 66.2 Å². The largest absolute Gasteiger partial charge is 0.414 e. The molecule has 0 bridgehead atoms. The van der Waals surface area contributed by atoms with Crippen molar-refractivity contribution in [1.82, 2.24) is 4.57 Å². The van der Waals surface area contributed by atoms with Crippen molar-refractivity contribution in [3.63, 3.8) is 0 Å². The van der Waals surface area contributed by atoms with Crippen molar-refractivity contribution in [1.29, 1.82) is 0 Å². The molecule has 3 heterocycles. The van der Waals surface area contributed by atoms with Crippen molar-refractivity contribution in [2.45, 2.75) is 169 Å². The second-order valence-corrected chi connectivity index (χ2v) is 31.2. The molecule has 0 amide bonds. The summed E-state index contributed by atoms with van der Waals surface area (Å²) in [5.74, 6) is 0.910. The molecule has 298 valence electrons. The first-order chi connectivity index (χ1) is 25.2. The fourth-order valence-electron chi connectivity index (χ4n) is 13.7. The molecule has 6 nitrogen and oxygen atoms in total. The molecule has 4 aliphatic carbocycles. The van der Waals surface area contributed by atoms with Crippen molar-refractivity contribution in [2.75, 3.05) is 0 Å². The summed E-state index contributed by atoms with van der Waals surface area (Å²) in [7, 11) is -3.97. The van der Waals surface area contributed by atoms with Gasteiger partial charge in [0.25, 0.3) is 0 Å². The van der Waals surface area contributed by atoms with Gasteiger partial charge in [-0.25, -0.2) is 0 Å². The lowest BCUT2D eigenvalue weighted by Crippen LogP contribution is -2.63. The Morgan fingerprint density at radius 3 is 2.22 bits per heavy atom. The third kappa shape index (κ3) is 5.39. The molecule has 1 aromatic carbocycles. The zero-order chi connectivity index (χ0) is 40.4. The fourth-order valence-corrected chi connectivity index (χ4v) is 15.9. The van der Waals surface area contributed by atoms with Gasteiger partial charge in [-0.1, -0.05) is 39.0 Å². The van der Waals surface area contributed by atoms with Crippen LogP contribution in [0.25, 0.3) is 16.5 Å². The highest BCUT2D eigenvalue weighted by Crippen LogP contribution is 2.72. The Hall–Kier alpha value is -2.37. The topological polar surface area (TPSA) is 66.8 Å². The predicted molar refractivity (Wildman–Crippen MR) is 229 cm³/mol. The van der Waals surface area contributed by atoms with Gasteiger partial charge in [0.1, 0.15) is 12.3 Å². The number of aldehydes is 1. The third-order valence-corrected chi connectivity index (χ3v) is 17.2. The number of ether oxygens (including phenoxy) is 1. The van der Waals surface area contributed by atoms with E-state index in [2.05, 4.69) is 117 Å². The second kappa shape index (κ2) is 11.9. The quantitative estimate of drug-likeness (QED) is 0.121. The molecule has 0 N–H and O–H groups in total. The number of hydrogen-bond donors (Lipinski definition) is 0. The van der Waals surface area contributed by atoms with Gasteiger partial charge >= 0.3 is 0 Å². The van der Waals surface area contributed by atoms with Gasteiger partial charge in [-0.3, -0.25) is 9.59 Å². The molecule has 0 radical (unpaired) electrons. The minimum atomic E-state index is -2.08. The Morgan fingerprint density at radius 2 is 1.62 bits per heavy atom. The van der Waals surface area contributed by atoms with Gasteiger partial charge < -0.3 is 18.2 Å². The van der Waals surface area contributed by atoms with Crippen LogP contribution in [0.5, 0.6) is 0 Å². The van der Waals surface area contributed by atoms with Gasteiger partial charge in [-0.2, -0.15) is 0 Å². The van der Waals surface area contributed by atoms with Crippen molar-refractivity contribution >= 4 is 45.2 Å². The Balaban J connectivity index is 1.40. The number of hydrogen-bond acceptors (Lipinski definition) is 5. The maximum Gasteiger partial charge on any atom is 0.192 e. The van der Waals surface area contributed by atoms with Crippen LogP contribution in [0.3, 0.4) is 0 Å². The smallest absolute Gasteiger partial charge is 0.192 e. The number of rotatable bonds is 7. The Labute approximate surface area is 332 Å². The molecule has 8 rings (SSSR count). The average Bonchev–Trinajstić information content (AvgIpc) is 3.70. The number of aromatic nitrogens is 1. The maximum absolute atomic E-state index is 15.4. The van der Waals surface area contributed by atoms with Crippen LogP contribution in [-0.2, 0) is 30.2 Å². The summed E-state index contributed by atoms with van der Waals surface area (Å²) in [6, 6.07) is 2.02. The molecule has 0 unspecified atom stereocenters. The van der Waals surface area contributed by atoms with E-state index >= 15 is 4.79 Å². The molecule has 0 spiro atoms. The van der Waals surface area contributed by atoms with Crippen LogP contribution >= 0.6 is 0 Å². The van der Waals surface area contributed by atoms with Crippen molar-refractivity contribution in [3.05, 3.63) is 63.9 Å². The fraction of sp³-hybridized carbons (Fsp3) is 0.660. The van der Waals surface area contributed by atoms with E-state index in [-0.39, 0.29) is 40.2 Å². The normalized spacial score (nSPS) is 37.3. The summed E-state index contributed by atoms with van der Waals surface area (Å²) in [5.41, 5.74) is 8.44. The molecule has 9 atom stereocenters. The standard InChI is InChI=1S/C47H67NO5Si2/c1-26(2)38-40(50)36-35-29(32-24-43(4,5)53-44(6,7)37(32)41(35)52-55(14,15)16)22-30-31-21-28-17-18-33-45(8,23-27(3)25-49)34(51-54(11,12)13)19-20-46(33,9)47(28,10)42(31)48(38)39(30)36/h22-25,28,33-34,37-38,41H,1,17-21H2,2-16H3/b27-23+/t28-,33-,34-,37+,38-,41+,45-,46-,47+/m0/s1. The van der Waals surface area contributed by atoms with Crippen LogP contribution in [0.4, 0.5) is 0 Å². The summed E-state index contributed by atoms with van der Waals surface area (Å²) >= 11 is 0. The predicted octanol–water partition coefficient (Wildman–Crippen LogP) is 11.5. The van der Waals surface area contributed by atoms with Gasteiger partial charge in [0.2, 0.25) is 0 Å². The van der Waals surface area contributed by atoms with Crippen molar-refractivity contribution in [2.24, 2.45) is 28.6 Å². The SMILES string of the molecule is C=C(C)[C@H]1C(=O)c2c3c(cc4c5c(n1c24)[C@@]1(C)[C@@H](CC[C@H]2[C@](C)(/C=C(\C)C=O)[C@@H](O[Si](C)(C)C)CC[C@@]21C)C5)C1=CC(C)(C)OC(C)(C)[C@H]1[C@@H]3O[Si](C)(C)C. The number of fused-ring (bicyclic) bond motifs is 11. The Kier molecular flexibility index (Phi) is 8.51. The number of carbonyl (C=O) groups is 2. The van der Waals surface area contributed by atoms with E-state index in [1.807, 2.05) is 13.8 Å². The van der Waals surface area contributed by atoms with Crippen LogP contribution in [0.1, 0.15) is 133 Å². The third-order valence-electron chi connectivity index (χ3n) is 15.3. The maximum atomic E-state index is 15.4. The van der Waals surface area contributed by atoms with E-state index in [1.165, 1.54) is 27.8 Å². The molecular weight excluding hydrogens is 715 g/mol. The van der Waals surface area contributed by atoms with E-state index in [4.69, 9.17) is 13.6 Å².